The zero-order valence-electron chi connectivity index (χ0n) is 10.3. The van der Waals surface area contributed by atoms with Crippen molar-refractivity contribution in [1.82, 2.24) is 9.55 Å². The number of carbonyl (C=O) groups excluding carboxylic acids is 1. The van der Waals surface area contributed by atoms with E-state index in [1.54, 1.807) is 0 Å². The number of rotatable bonds is 2. The summed E-state index contributed by atoms with van der Waals surface area (Å²) in [5.74, 6) is 0. The van der Waals surface area contributed by atoms with Crippen LogP contribution in [-0.2, 0) is 9.53 Å². The summed E-state index contributed by atoms with van der Waals surface area (Å²) in [7, 11) is 1.31. The molecule has 1 fully saturated rings. The fraction of sp³-hybridized carbons (Fsp3) is 0.385. The normalized spacial score (nSPS) is 14.5. The molecule has 0 radical (unpaired) electrons. The molecule has 5 nitrogen and oxygen atoms in total. The molecule has 96 valence electrons. The van der Waals surface area contributed by atoms with E-state index in [4.69, 9.17) is 4.79 Å². The molecule has 1 heterocycles. The summed E-state index contributed by atoms with van der Waals surface area (Å²) >= 11 is 0. The first-order valence-electron chi connectivity index (χ1n) is 5.93. The molecule has 0 amide bonds. The van der Waals surface area contributed by atoms with Gasteiger partial charge in [0.1, 0.15) is 0 Å². The van der Waals surface area contributed by atoms with Crippen LogP contribution in [0.5, 0.6) is 0 Å². The number of nitrogens with one attached hydrogen (secondary N) is 1. The predicted octanol–water partition coefficient (Wildman–Crippen LogP) is 1.84. The van der Waals surface area contributed by atoms with Gasteiger partial charge in [-0.05, 0) is 31.4 Å². The maximum Gasteiger partial charge on any atom is 0.326 e. The highest BCUT2D eigenvalue weighted by molar-refractivity contribution is 5.75. The second-order valence-corrected chi connectivity index (χ2v) is 4.23. The minimum Gasteiger partial charge on any atom is -0.471 e. The van der Waals surface area contributed by atoms with Crippen molar-refractivity contribution in [3.63, 3.8) is 0 Å². The van der Waals surface area contributed by atoms with Gasteiger partial charge in [0, 0.05) is 6.04 Å². The summed E-state index contributed by atoms with van der Waals surface area (Å²) in [6.07, 6.45) is 3.53. The SMILES string of the molecule is COC=O.O=c1[nH]c2ccccc2n1C1CCC1. The van der Waals surface area contributed by atoms with Gasteiger partial charge in [-0.3, -0.25) is 9.36 Å². The molecular formula is C13H16N2O3. The van der Waals surface area contributed by atoms with Gasteiger partial charge in [0.15, 0.2) is 0 Å². The number of nitrogens with zero attached hydrogens (tertiary/aromatic N) is 1. The fourth-order valence-electron chi connectivity index (χ4n) is 2.08. The summed E-state index contributed by atoms with van der Waals surface area (Å²) < 4.78 is 5.76. The van der Waals surface area contributed by atoms with E-state index in [1.165, 1.54) is 13.5 Å². The second-order valence-electron chi connectivity index (χ2n) is 4.23. The molecule has 0 atom stereocenters. The molecule has 1 N–H and O–H groups in total. The Bertz CT molecular complexity index is 581. The summed E-state index contributed by atoms with van der Waals surface area (Å²) in [4.78, 5) is 23.5. The van der Waals surface area contributed by atoms with Crippen molar-refractivity contribution in [2.45, 2.75) is 25.3 Å². The Morgan fingerprint density at radius 1 is 1.39 bits per heavy atom. The molecule has 0 spiro atoms. The maximum atomic E-state index is 11.7. The molecule has 1 aliphatic rings. The number of aromatic nitrogens is 2. The van der Waals surface area contributed by atoms with Crippen molar-refractivity contribution in [3.8, 4) is 0 Å². The van der Waals surface area contributed by atoms with E-state index >= 15 is 0 Å². The molecule has 1 aromatic carbocycles. The van der Waals surface area contributed by atoms with Crippen LogP contribution in [0.1, 0.15) is 25.3 Å². The lowest BCUT2D eigenvalue weighted by molar-refractivity contribution is -0.126. The van der Waals surface area contributed by atoms with Gasteiger partial charge in [-0.2, -0.15) is 0 Å². The van der Waals surface area contributed by atoms with Crippen molar-refractivity contribution in [2.75, 3.05) is 7.11 Å². The summed E-state index contributed by atoms with van der Waals surface area (Å²) in [5, 5.41) is 0. The zero-order chi connectivity index (χ0) is 13.0. The van der Waals surface area contributed by atoms with E-state index in [1.807, 2.05) is 28.8 Å². The third-order valence-electron chi connectivity index (χ3n) is 3.16. The predicted molar refractivity (Wildman–Crippen MR) is 68.5 cm³/mol. The molecule has 1 saturated carbocycles. The Morgan fingerprint density at radius 2 is 2.06 bits per heavy atom. The molecule has 3 rings (SSSR count). The maximum absolute atomic E-state index is 11.7. The number of hydrogen-bond acceptors (Lipinski definition) is 3. The molecule has 1 aromatic heterocycles. The second kappa shape index (κ2) is 5.53. The van der Waals surface area contributed by atoms with E-state index in [0.29, 0.717) is 12.5 Å². The molecule has 0 unspecified atom stereocenters. The molecule has 2 aromatic rings. The summed E-state index contributed by atoms with van der Waals surface area (Å²) in [6.45, 7) is 0.375. The van der Waals surface area contributed by atoms with Gasteiger partial charge in [-0.15, -0.1) is 0 Å². The van der Waals surface area contributed by atoms with E-state index < -0.39 is 0 Å². The molecule has 1 aliphatic carbocycles. The number of hydrogen-bond donors (Lipinski definition) is 1. The molecule has 0 saturated heterocycles. The minimum absolute atomic E-state index is 0.0379. The Morgan fingerprint density at radius 3 is 2.61 bits per heavy atom. The van der Waals surface area contributed by atoms with Crippen LogP contribution >= 0.6 is 0 Å². The first-order valence-corrected chi connectivity index (χ1v) is 5.93. The van der Waals surface area contributed by atoms with Crippen LogP contribution in [0.25, 0.3) is 11.0 Å². The van der Waals surface area contributed by atoms with Gasteiger partial charge in [0.2, 0.25) is 0 Å². The largest absolute Gasteiger partial charge is 0.471 e. The van der Waals surface area contributed by atoms with Gasteiger partial charge < -0.3 is 9.72 Å². The highest BCUT2D eigenvalue weighted by Gasteiger charge is 2.22. The van der Waals surface area contributed by atoms with E-state index in [9.17, 15) is 4.79 Å². The number of para-hydroxylation sites is 2. The monoisotopic (exact) mass is 248 g/mol. The average Bonchev–Trinajstić information content (AvgIpc) is 2.65. The first kappa shape index (κ1) is 12.4. The van der Waals surface area contributed by atoms with Crippen molar-refractivity contribution in [3.05, 3.63) is 34.7 Å². The molecule has 0 bridgehead atoms. The number of benzene rings is 1. The Labute approximate surface area is 104 Å². The van der Waals surface area contributed by atoms with Crippen LogP contribution < -0.4 is 5.69 Å². The Balaban J connectivity index is 0.000000267. The average molecular weight is 248 g/mol. The number of H-pyrrole nitrogens is 1. The highest BCUT2D eigenvalue weighted by atomic mass is 16.5. The molecule has 0 aliphatic heterocycles. The highest BCUT2D eigenvalue weighted by Crippen LogP contribution is 2.32. The number of ether oxygens (including phenoxy) is 1. The quantitative estimate of drug-likeness (QED) is 0.825. The lowest BCUT2D eigenvalue weighted by Crippen LogP contribution is -2.26. The van der Waals surface area contributed by atoms with E-state index in [0.717, 1.165) is 23.9 Å². The minimum atomic E-state index is 0.0379. The summed E-state index contributed by atoms with van der Waals surface area (Å²) in [6, 6.07) is 8.31. The van der Waals surface area contributed by atoms with Crippen LogP contribution in [-0.4, -0.2) is 23.1 Å². The van der Waals surface area contributed by atoms with Gasteiger partial charge in [-0.25, -0.2) is 4.79 Å². The van der Waals surface area contributed by atoms with Gasteiger partial charge in [0.05, 0.1) is 18.1 Å². The number of carbonyl (C=O) groups is 1. The van der Waals surface area contributed by atoms with Crippen molar-refractivity contribution < 1.29 is 9.53 Å². The summed E-state index contributed by atoms with van der Waals surface area (Å²) in [5.41, 5.74) is 2.03. The van der Waals surface area contributed by atoms with Crippen LogP contribution in [0.4, 0.5) is 0 Å². The lowest BCUT2D eigenvalue weighted by Gasteiger charge is -2.26. The molecule has 18 heavy (non-hydrogen) atoms. The Kier molecular flexibility index (Phi) is 3.82. The number of imidazole rings is 1. The van der Waals surface area contributed by atoms with Crippen LogP contribution in [0.2, 0.25) is 0 Å². The van der Waals surface area contributed by atoms with Crippen molar-refractivity contribution in [2.24, 2.45) is 0 Å². The van der Waals surface area contributed by atoms with Gasteiger partial charge >= 0.3 is 5.69 Å². The topological polar surface area (TPSA) is 64.1 Å². The number of methoxy groups -OCH3 is 1. The molecule has 5 heteroatoms. The fourth-order valence-corrected chi connectivity index (χ4v) is 2.08. The van der Waals surface area contributed by atoms with Crippen LogP contribution in [0.15, 0.2) is 29.1 Å². The lowest BCUT2D eigenvalue weighted by atomic mass is 9.93. The van der Waals surface area contributed by atoms with E-state index in [2.05, 4.69) is 9.72 Å². The number of fused-ring (bicyclic) bond motifs is 1. The van der Waals surface area contributed by atoms with Gasteiger partial charge in [-0.1, -0.05) is 12.1 Å². The third kappa shape index (κ3) is 2.30. The van der Waals surface area contributed by atoms with Crippen LogP contribution in [0, 0.1) is 0 Å². The standard InChI is InChI=1S/C11H12N2O.C2H4O2/c14-11-12-9-6-1-2-7-10(9)13(11)8-4-3-5-8;1-4-2-3/h1-2,6-8H,3-5H2,(H,12,14);2H,1H3. The Hall–Kier alpha value is -2.04. The van der Waals surface area contributed by atoms with Gasteiger partial charge in [0.25, 0.3) is 6.47 Å². The number of aromatic amines is 1. The zero-order valence-corrected chi connectivity index (χ0v) is 10.3. The smallest absolute Gasteiger partial charge is 0.326 e. The van der Waals surface area contributed by atoms with Crippen molar-refractivity contribution in [1.29, 1.82) is 0 Å². The van der Waals surface area contributed by atoms with Crippen molar-refractivity contribution >= 4 is 17.5 Å². The van der Waals surface area contributed by atoms with E-state index in [-0.39, 0.29) is 5.69 Å². The third-order valence-corrected chi connectivity index (χ3v) is 3.16. The van der Waals surface area contributed by atoms with Crippen LogP contribution in [0.3, 0.4) is 0 Å². The first-order chi connectivity index (χ1) is 8.77. The molecular weight excluding hydrogens is 232 g/mol.